The fraction of sp³-hybridized carbons (Fsp3) is 0.231. The minimum atomic E-state index is -0.910. The molecule has 4 nitrogen and oxygen atoms in total. The summed E-state index contributed by atoms with van der Waals surface area (Å²) in [6, 6.07) is 9.21. The first-order valence-electron chi connectivity index (χ1n) is 5.54. The zero-order valence-electron chi connectivity index (χ0n) is 9.57. The van der Waals surface area contributed by atoms with Crippen molar-refractivity contribution in [2.75, 3.05) is 0 Å². The van der Waals surface area contributed by atoms with Gasteiger partial charge in [0.2, 0.25) is 0 Å². The van der Waals surface area contributed by atoms with Gasteiger partial charge >= 0.3 is 6.03 Å². The van der Waals surface area contributed by atoms with Crippen molar-refractivity contribution in [1.29, 1.82) is 0 Å². The summed E-state index contributed by atoms with van der Waals surface area (Å²) in [5, 5.41) is 4.91. The summed E-state index contributed by atoms with van der Waals surface area (Å²) in [6.45, 7) is 1.86. The maximum absolute atomic E-state index is 11.7. The standard InChI is InChI=1S/C13H14N2O2/c1-2-13(11(16)14-12(17)15-13)9-8-10-6-4-3-5-7-10/h3-9H,2H2,1H3,(H2,14,15,16,17). The second-order valence-electron chi connectivity index (χ2n) is 3.98. The summed E-state index contributed by atoms with van der Waals surface area (Å²) in [5.74, 6) is -0.294. The van der Waals surface area contributed by atoms with Crippen molar-refractivity contribution in [3.63, 3.8) is 0 Å². The number of hydrogen-bond donors (Lipinski definition) is 2. The van der Waals surface area contributed by atoms with Crippen LogP contribution >= 0.6 is 0 Å². The second-order valence-corrected chi connectivity index (χ2v) is 3.98. The molecule has 1 aliphatic heterocycles. The third-order valence-electron chi connectivity index (χ3n) is 2.89. The largest absolute Gasteiger partial charge is 0.322 e. The minimum Gasteiger partial charge on any atom is -0.320 e. The zero-order valence-corrected chi connectivity index (χ0v) is 9.57. The van der Waals surface area contributed by atoms with Crippen molar-refractivity contribution in [3.8, 4) is 0 Å². The van der Waals surface area contributed by atoms with Crippen LogP contribution in [-0.2, 0) is 4.79 Å². The number of urea groups is 1. The lowest BCUT2D eigenvalue weighted by Crippen LogP contribution is -2.44. The molecule has 0 spiro atoms. The fourth-order valence-corrected chi connectivity index (χ4v) is 1.79. The predicted octanol–water partition coefficient (Wildman–Crippen LogP) is 1.69. The Labute approximate surface area is 99.7 Å². The molecule has 1 fully saturated rings. The van der Waals surface area contributed by atoms with Crippen LogP contribution < -0.4 is 10.6 Å². The Bertz CT molecular complexity index is 468. The van der Waals surface area contributed by atoms with Crippen LogP contribution in [0.1, 0.15) is 18.9 Å². The summed E-state index contributed by atoms with van der Waals surface area (Å²) in [7, 11) is 0. The first kappa shape index (κ1) is 11.4. The van der Waals surface area contributed by atoms with E-state index >= 15 is 0 Å². The van der Waals surface area contributed by atoms with Gasteiger partial charge in [0.1, 0.15) is 5.54 Å². The second kappa shape index (κ2) is 4.41. The lowest BCUT2D eigenvalue weighted by Gasteiger charge is -2.19. The number of carbonyl (C=O) groups excluding carboxylic acids is 2. The third kappa shape index (κ3) is 2.20. The van der Waals surface area contributed by atoms with E-state index in [2.05, 4.69) is 10.6 Å². The first-order chi connectivity index (χ1) is 8.16. The van der Waals surface area contributed by atoms with Crippen molar-refractivity contribution < 1.29 is 9.59 Å². The molecule has 1 aliphatic rings. The summed E-state index contributed by atoms with van der Waals surface area (Å²) < 4.78 is 0. The van der Waals surface area contributed by atoms with Crippen molar-refractivity contribution in [3.05, 3.63) is 42.0 Å². The normalized spacial score (nSPS) is 23.8. The van der Waals surface area contributed by atoms with Crippen LogP contribution in [0.3, 0.4) is 0 Å². The molecule has 1 aromatic rings. The zero-order chi connectivity index (χ0) is 12.3. The molecule has 0 aliphatic carbocycles. The highest BCUT2D eigenvalue weighted by molar-refractivity contribution is 6.08. The van der Waals surface area contributed by atoms with E-state index in [9.17, 15) is 9.59 Å². The average molecular weight is 230 g/mol. The third-order valence-corrected chi connectivity index (χ3v) is 2.89. The van der Waals surface area contributed by atoms with Crippen LogP contribution in [0.15, 0.2) is 36.4 Å². The Morgan fingerprint density at radius 1 is 1.24 bits per heavy atom. The lowest BCUT2D eigenvalue weighted by atomic mass is 9.95. The Kier molecular flexibility index (Phi) is 2.95. The Morgan fingerprint density at radius 2 is 1.94 bits per heavy atom. The molecule has 1 saturated heterocycles. The highest BCUT2D eigenvalue weighted by Gasteiger charge is 2.42. The number of nitrogens with one attached hydrogen (secondary N) is 2. The van der Waals surface area contributed by atoms with Crippen LogP contribution in [0.2, 0.25) is 0 Å². The van der Waals surface area contributed by atoms with E-state index in [0.717, 1.165) is 5.56 Å². The molecular formula is C13H14N2O2. The summed E-state index contributed by atoms with van der Waals surface area (Å²) in [5.41, 5.74) is 0.0849. The summed E-state index contributed by atoms with van der Waals surface area (Å²) in [4.78, 5) is 22.9. The smallest absolute Gasteiger partial charge is 0.320 e. The van der Waals surface area contributed by atoms with E-state index < -0.39 is 11.6 Å². The van der Waals surface area contributed by atoms with Gasteiger partial charge in [-0.05, 0) is 18.1 Å². The molecular weight excluding hydrogens is 216 g/mol. The molecule has 4 heteroatoms. The maximum atomic E-state index is 11.7. The molecule has 0 radical (unpaired) electrons. The van der Waals surface area contributed by atoms with E-state index in [4.69, 9.17) is 0 Å². The summed E-state index contributed by atoms with van der Waals surface area (Å²) in [6.07, 6.45) is 4.10. The molecule has 88 valence electrons. The Hall–Kier alpha value is -2.10. The number of hydrogen-bond acceptors (Lipinski definition) is 2. The molecule has 1 unspecified atom stereocenters. The Balaban J connectivity index is 2.24. The van der Waals surface area contributed by atoms with E-state index in [1.165, 1.54) is 0 Å². The van der Waals surface area contributed by atoms with Gasteiger partial charge < -0.3 is 5.32 Å². The number of imide groups is 1. The molecule has 1 aromatic carbocycles. The van der Waals surface area contributed by atoms with Crippen LogP contribution in [0.5, 0.6) is 0 Å². The maximum Gasteiger partial charge on any atom is 0.322 e. The first-order valence-corrected chi connectivity index (χ1v) is 5.54. The van der Waals surface area contributed by atoms with E-state index in [0.29, 0.717) is 6.42 Å². The van der Waals surface area contributed by atoms with Crippen molar-refractivity contribution >= 4 is 18.0 Å². The molecule has 1 atom stereocenters. The van der Waals surface area contributed by atoms with Crippen molar-refractivity contribution in [2.45, 2.75) is 18.9 Å². The van der Waals surface area contributed by atoms with Crippen LogP contribution in [0, 0.1) is 0 Å². The monoisotopic (exact) mass is 230 g/mol. The van der Waals surface area contributed by atoms with Gasteiger partial charge in [-0.2, -0.15) is 0 Å². The van der Waals surface area contributed by atoms with E-state index in [1.54, 1.807) is 6.08 Å². The molecule has 2 N–H and O–H groups in total. The highest BCUT2D eigenvalue weighted by atomic mass is 16.2. The lowest BCUT2D eigenvalue weighted by molar-refractivity contribution is -0.122. The van der Waals surface area contributed by atoms with Gasteiger partial charge in [0, 0.05) is 0 Å². The van der Waals surface area contributed by atoms with Gasteiger partial charge in [0.25, 0.3) is 5.91 Å². The number of benzene rings is 1. The topological polar surface area (TPSA) is 58.2 Å². The molecule has 2 rings (SSSR count). The van der Waals surface area contributed by atoms with Gasteiger partial charge in [-0.1, -0.05) is 43.3 Å². The summed E-state index contributed by atoms with van der Waals surface area (Å²) >= 11 is 0. The highest BCUT2D eigenvalue weighted by Crippen LogP contribution is 2.18. The number of amides is 3. The van der Waals surface area contributed by atoms with Gasteiger partial charge in [-0.3, -0.25) is 10.1 Å². The SMILES string of the molecule is CCC1(C=Cc2ccccc2)NC(=O)NC1=O. The van der Waals surface area contributed by atoms with Gasteiger partial charge in [-0.15, -0.1) is 0 Å². The van der Waals surface area contributed by atoms with E-state index in [-0.39, 0.29) is 5.91 Å². The Morgan fingerprint density at radius 3 is 2.47 bits per heavy atom. The van der Waals surface area contributed by atoms with Gasteiger partial charge in [0.15, 0.2) is 0 Å². The van der Waals surface area contributed by atoms with Crippen LogP contribution in [0.25, 0.3) is 6.08 Å². The van der Waals surface area contributed by atoms with Gasteiger partial charge in [0.05, 0.1) is 0 Å². The number of rotatable bonds is 3. The molecule has 17 heavy (non-hydrogen) atoms. The minimum absolute atomic E-state index is 0.294. The van der Waals surface area contributed by atoms with Crippen LogP contribution in [-0.4, -0.2) is 17.5 Å². The van der Waals surface area contributed by atoms with Crippen LogP contribution in [0.4, 0.5) is 4.79 Å². The number of carbonyl (C=O) groups is 2. The fourth-order valence-electron chi connectivity index (χ4n) is 1.79. The molecule has 0 aromatic heterocycles. The molecule has 0 saturated carbocycles. The average Bonchev–Trinajstić information content (AvgIpc) is 2.63. The molecule has 0 bridgehead atoms. The predicted molar refractivity (Wildman–Crippen MR) is 65.2 cm³/mol. The molecule has 1 heterocycles. The van der Waals surface area contributed by atoms with Gasteiger partial charge in [-0.25, -0.2) is 4.79 Å². The van der Waals surface area contributed by atoms with Crippen molar-refractivity contribution in [2.24, 2.45) is 0 Å². The van der Waals surface area contributed by atoms with Crippen molar-refractivity contribution in [1.82, 2.24) is 10.6 Å². The molecule has 3 amide bonds. The quantitative estimate of drug-likeness (QED) is 0.776. The van der Waals surface area contributed by atoms with E-state index in [1.807, 2.05) is 43.3 Å².